The number of esters is 1. The molecule has 3 rings (SSSR count). The van der Waals surface area contributed by atoms with Gasteiger partial charge in [-0.3, -0.25) is 4.79 Å². The number of phenols is 1. The fourth-order valence-corrected chi connectivity index (χ4v) is 2.88. The Labute approximate surface area is 124 Å². The molecule has 22 heavy (non-hydrogen) atoms. The van der Waals surface area contributed by atoms with Crippen molar-refractivity contribution in [1.82, 2.24) is 0 Å². The lowest BCUT2D eigenvalue weighted by atomic mass is 9.95. The maximum atomic E-state index is 12.6. The largest absolute Gasteiger partial charge is 0.507 e. The third-order valence-electron chi connectivity index (χ3n) is 3.94. The Bertz CT molecular complexity index is 836. The van der Waals surface area contributed by atoms with Crippen LogP contribution in [0.25, 0.3) is 11.0 Å². The smallest absolute Gasteiger partial charge is 0.342 e. The summed E-state index contributed by atoms with van der Waals surface area (Å²) in [4.78, 5) is 24.5. The number of carbonyl (C=O) groups excluding carboxylic acids is 1. The normalized spacial score (nSPS) is 20.1. The van der Waals surface area contributed by atoms with Crippen LogP contribution in [0.2, 0.25) is 0 Å². The third-order valence-corrected chi connectivity index (χ3v) is 3.94. The van der Waals surface area contributed by atoms with Crippen LogP contribution in [0, 0.1) is 0 Å². The second-order valence-corrected chi connectivity index (χ2v) is 5.23. The molecule has 0 saturated carbocycles. The van der Waals surface area contributed by atoms with Gasteiger partial charge < -0.3 is 24.5 Å². The van der Waals surface area contributed by atoms with Crippen LogP contribution in [0.3, 0.4) is 0 Å². The molecule has 0 aliphatic heterocycles. The van der Waals surface area contributed by atoms with Crippen LogP contribution < -0.4 is 5.43 Å². The summed E-state index contributed by atoms with van der Waals surface area (Å²) in [5, 5.41) is 29.5. The highest BCUT2D eigenvalue weighted by atomic mass is 16.5. The van der Waals surface area contributed by atoms with E-state index in [1.165, 1.54) is 12.1 Å². The molecule has 0 fully saturated rings. The minimum absolute atomic E-state index is 0.0301. The number of aryl methyl sites for hydroxylation is 1. The van der Waals surface area contributed by atoms with E-state index in [4.69, 9.17) is 9.52 Å². The quantitative estimate of drug-likeness (QED) is 0.683. The maximum absolute atomic E-state index is 12.6. The predicted molar refractivity (Wildman–Crippen MR) is 74.3 cm³/mol. The molecule has 0 bridgehead atoms. The van der Waals surface area contributed by atoms with E-state index in [0.29, 0.717) is 5.56 Å². The molecule has 7 nitrogen and oxygen atoms in total. The fraction of sp³-hybridized carbons (Fsp3) is 0.333. The minimum atomic E-state index is -2.07. The molecule has 0 spiro atoms. The molecule has 1 aliphatic rings. The minimum Gasteiger partial charge on any atom is -0.507 e. The van der Waals surface area contributed by atoms with Crippen LogP contribution in [0.4, 0.5) is 0 Å². The summed E-state index contributed by atoms with van der Waals surface area (Å²) in [5.74, 6) is -1.14. The molecule has 0 radical (unpaired) electrons. The van der Waals surface area contributed by atoms with E-state index in [0.717, 1.165) is 7.11 Å². The maximum Gasteiger partial charge on any atom is 0.342 e. The topological polar surface area (TPSA) is 117 Å². The highest BCUT2D eigenvalue weighted by molar-refractivity contribution is 5.88. The summed E-state index contributed by atoms with van der Waals surface area (Å²) in [7, 11) is 1.12. The first-order valence-electron chi connectivity index (χ1n) is 6.66. The predicted octanol–water partition coefficient (Wildman–Crippen LogP) is 0.298. The van der Waals surface area contributed by atoms with Crippen molar-refractivity contribution in [1.29, 1.82) is 0 Å². The lowest BCUT2D eigenvalue weighted by Crippen LogP contribution is -2.38. The van der Waals surface area contributed by atoms with Crippen molar-refractivity contribution >= 4 is 16.9 Å². The van der Waals surface area contributed by atoms with Gasteiger partial charge in [0.25, 0.3) is 0 Å². The van der Waals surface area contributed by atoms with E-state index in [9.17, 15) is 19.8 Å². The number of carbonyl (C=O) groups is 1. The molecule has 1 aromatic heterocycles. The number of phenolic OH excluding ortho intramolecular Hbond substituents is 1. The molecule has 1 unspecified atom stereocenters. The van der Waals surface area contributed by atoms with Crippen LogP contribution >= 0.6 is 0 Å². The van der Waals surface area contributed by atoms with Crippen LogP contribution in [-0.4, -0.2) is 28.4 Å². The average molecular weight is 306 g/mol. The van der Waals surface area contributed by atoms with E-state index in [1.54, 1.807) is 0 Å². The molecule has 116 valence electrons. The van der Waals surface area contributed by atoms with Crippen LogP contribution in [0.5, 0.6) is 5.75 Å². The van der Waals surface area contributed by atoms with Crippen molar-refractivity contribution in [2.24, 2.45) is 0 Å². The zero-order valence-electron chi connectivity index (χ0n) is 11.8. The number of aliphatic hydroxyl groups is 2. The van der Waals surface area contributed by atoms with Crippen molar-refractivity contribution in [3.05, 3.63) is 39.2 Å². The number of aromatic hydroxyl groups is 1. The second kappa shape index (κ2) is 4.82. The Hall–Kier alpha value is -2.38. The molecule has 3 N–H and O–H groups in total. The monoisotopic (exact) mass is 306 g/mol. The standard InChI is InChI=1S/C15H14O7/c1-21-14(19)15(20)3-2-9-12(15)13(18)11-8(17)4-7(6-16)5-10(11)22-9/h4-5,16-17,20H,2-3,6H2,1H3. The van der Waals surface area contributed by atoms with Gasteiger partial charge in [0.2, 0.25) is 5.43 Å². The van der Waals surface area contributed by atoms with Gasteiger partial charge in [0, 0.05) is 6.42 Å². The number of ether oxygens (including phenoxy) is 1. The number of benzene rings is 1. The van der Waals surface area contributed by atoms with Crippen LogP contribution in [0.1, 0.15) is 23.3 Å². The van der Waals surface area contributed by atoms with Crippen molar-refractivity contribution in [2.75, 3.05) is 7.11 Å². The van der Waals surface area contributed by atoms with Gasteiger partial charge >= 0.3 is 5.97 Å². The van der Waals surface area contributed by atoms with E-state index >= 15 is 0 Å². The van der Waals surface area contributed by atoms with E-state index in [-0.39, 0.29) is 47.5 Å². The average Bonchev–Trinajstić information content (AvgIpc) is 2.84. The summed E-state index contributed by atoms with van der Waals surface area (Å²) in [5.41, 5.74) is -2.46. The third kappa shape index (κ3) is 1.83. The van der Waals surface area contributed by atoms with Gasteiger partial charge in [-0.25, -0.2) is 4.79 Å². The number of aliphatic hydroxyl groups excluding tert-OH is 1. The zero-order valence-corrected chi connectivity index (χ0v) is 11.8. The number of hydrogen-bond acceptors (Lipinski definition) is 7. The molecule has 7 heteroatoms. The highest BCUT2D eigenvalue weighted by Gasteiger charge is 2.48. The van der Waals surface area contributed by atoms with Gasteiger partial charge in [-0.05, 0) is 24.1 Å². The van der Waals surface area contributed by atoms with Gasteiger partial charge in [-0.2, -0.15) is 0 Å². The number of hydrogen-bond donors (Lipinski definition) is 3. The van der Waals surface area contributed by atoms with E-state index in [2.05, 4.69) is 4.74 Å². The highest BCUT2D eigenvalue weighted by Crippen LogP contribution is 2.38. The number of fused-ring (bicyclic) bond motifs is 2. The Morgan fingerprint density at radius 3 is 2.82 bits per heavy atom. The fourth-order valence-electron chi connectivity index (χ4n) is 2.88. The Balaban J connectivity index is 2.36. The zero-order chi connectivity index (χ0) is 16.1. The van der Waals surface area contributed by atoms with E-state index < -0.39 is 17.0 Å². The number of methoxy groups -OCH3 is 1. The molecule has 1 atom stereocenters. The molecular formula is C15H14O7. The van der Waals surface area contributed by atoms with Gasteiger partial charge in [0.1, 0.15) is 22.5 Å². The first-order chi connectivity index (χ1) is 10.4. The molecule has 1 heterocycles. The number of rotatable bonds is 2. The van der Waals surface area contributed by atoms with Crippen molar-refractivity contribution in [3.63, 3.8) is 0 Å². The van der Waals surface area contributed by atoms with Gasteiger partial charge in [0.15, 0.2) is 5.60 Å². The summed E-state index contributed by atoms with van der Waals surface area (Å²) < 4.78 is 10.1. The Morgan fingerprint density at radius 2 is 2.18 bits per heavy atom. The lowest BCUT2D eigenvalue weighted by Gasteiger charge is -2.19. The first-order valence-corrected chi connectivity index (χ1v) is 6.66. The Kier molecular flexibility index (Phi) is 3.19. The molecule has 0 amide bonds. The summed E-state index contributed by atoms with van der Waals surface area (Å²) in [6.07, 6.45) is 0.161. The van der Waals surface area contributed by atoms with Crippen molar-refractivity contribution in [2.45, 2.75) is 25.0 Å². The van der Waals surface area contributed by atoms with Crippen LogP contribution in [-0.2, 0) is 28.2 Å². The summed E-state index contributed by atoms with van der Waals surface area (Å²) in [6, 6.07) is 2.67. The first kappa shape index (κ1) is 14.6. The molecule has 1 aromatic carbocycles. The molecule has 2 aromatic rings. The molecular weight excluding hydrogens is 292 g/mol. The summed E-state index contributed by atoms with van der Waals surface area (Å²) in [6.45, 7) is -0.323. The van der Waals surface area contributed by atoms with Crippen molar-refractivity contribution in [3.8, 4) is 5.75 Å². The van der Waals surface area contributed by atoms with Gasteiger partial charge in [-0.15, -0.1) is 0 Å². The van der Waals surface area contributed by atoms with E-state index in [1.807, 2.05) is 0 Å². The lowest BCUT2D eigenvalue weighted by molar-refractivity contribution is -0.163. The molecule has 1 aliphatic carbocycles. The van der Waals surface area contributed by atoms with Gasteiger partial charge in [0.05, 0.1) is 19.3 Å². The molecule has 0 saturated heterocycles. The Morgan fingerprint density at radius 1 is 1.45 bits per heavy atom. The summed E-state index contributed by atoms with van der Waals surface area (Å²) >= 11 is 0. The van der Waals surface area contributed by atoms with Gasteiger partial charge in [-0.1, -0.05) is 0 Å². The SMILES string of the molecule is COC(=O)C1(O)CCc2oc3cc(CO)cc(O)c3c(=O)c21. The van der Waals surface area contributed by atoms with Crippen molar-refractivity contribution < 1.29 is 29.3 Å². The second-order valence-electron chi connectivity index (χ2n) is 5.23. The van der Waals surface area contributed by atoms with Crippen LogP contribution in [0.15, 0.2) is 21.3 Å².